The Morgan fingerprint density at radius 3 is 2.61 bits per heavy atom. The van der Waals surface area contributed by atoms with Gasteiger partial charge in [0, 0.05) is 11.6 Å². The fraction of sp³-hybridized carbons (Fsp3) is 0.318. The summed E-state index contributed by atoms with van der Waals surface area (Å²) in [5, 5.41) is 7.12. The van der Waals surface area contributed by atoms with Crippen LogP contribution in [0.4, 0.5) is 0 Å². The first-order valence-electron chi connectivity index (χ1n) is 9.70. The van der Waals surface area contributed by atoms with Crippen molar-refractivity contribution in [1.82, 2.24) is 15.5 Å². The summed E-state index contributed by atoms with van der Waals surface area (Å²) in [7, 11) is 0. The van der Waals surface area contributed by atoms with Crippen LogP contribution < -0.4 is 10.1 Å². The van der Waals surface area contributed by atoms with Crippen LogP contribution in [0.25, 0.3) is 11.4 Å². The van der Waals surface area contributed by atoms with Crippen molar-refractivity contribution in [3.8, 4) is 17.1 Å². The van der Waals surface area contributed by atoms with Crippen LogP contribution in [-0.2, 0) is 6.61 Å². The summed E-state index contributed by atoms with van der Waals surface area (Å²) >= 11 is 0. The summed E-state index contributed by atoms with van der Waals surface area (Å²) < 4.78 is 11.1. The lowest BCUT2D eigenvalue weighted by molar-refractivity contribution is 0.0922. The third-order valence-electron chi connectivity index (χ3n) is 4.92. The first kappa shape index (κ1) is 18.2. The molecule has 1 fully saturated rings. The molecule has 2 aromatic carbocycles. The zero-order valence-electron chi connectivity index (χ0n) is 15.6. The van der Waals surface area contributed by atoms with E-state index < -0.39 is 0 Å². The van der Waals surface area contributed by atoms with E-state index in [2.05, 4.69) is 15.5 Å². The molecule has 0 spiro atoms. The van der Waals surface area contributed by atoms with Gasteiger partial charge in [-0.15, -0.1) is 0 Å². The predicted molar refractivity (Wildman–Crippen MR) is 105 cm³/mol. The topological polar surface area (TPSA) is 77.2 Å². The number of nitrogens with one attached hydrogen (secondary N) is 1. The van der Waals surface area contributed by atoms with Gasteiger partial charge >= 0.3 is 0 Å². The average molecular weight is 377 g/mol. The molecule has 0 aliphatic heterocycles. The van der Waals surface area contributed by atoms with Gasteiger partial charge in [-0.25, -0.2) is 0 Å². The Morgan fingerprint density at radius 2 is 1.79 bits per heavy atom. The van der Waals surface area contributed by atoms with Crippen molar-refractivity contribution >= 4 is 5.91 Å². The van der Waals surface area contributed by atoms with Crippen LogP contribution in [0.1, 0.15) is 48.4 Å². The van der Waals surface area contributed by atoms with E-state index in [4.69, 9.17) is 9.26 Å². The summed E-state index contributed by atoms with van der Waals surface area (Å²) in [6.45, 7) is 0.105. The van der Waals surface area contributed by atoms with E-state index in [0.29, 0.717) is 23.0 Å². The Kier molecular flexibility index (Phi) is 5.66. The fourth-order valence-corrected chi connectivity index (χ4v) is 3.45. The smallest absolute Gasteiger partial charge is 0.264 e. The zero-order valence-corrected chi connectivity index (χ0v) is 15.6. The van der Waals surface area contributed by atoms with Crippen LogP contribution in [0.3, 0.4) is 0 Å². The second kappa shape index (κ2) is 8.69. The number of hydrogen-bond acceptors (Lipinski definition) is 5. The second-order valence-corrected chi connectivity index (χ2v) is 6.97. The van der Waals surface area contributed by atoms with Crippen LogP contribution in [0.15, 0.2) is 59.1 Å². The summed E-state index contributed by atoms with van der Waals surface area (Å²) in [4.78, 5) is 17.1. The van der Waals surface area contributed by atoms with Crippen molar-refractivity contribution in [2.45, 2.75) is 44.8 Å². The molecule has 3 aromatic rings. The minimum Gasteiger partial charge on any atom is -0.483 e. The van der Waals surface area contributed by atoms with Gasteiger partial charge in [-0.05, 0) is 25.0 Å². The molecule has 1 heterocycles. The molecule has 0 unspecified atom stereocenters. The van der Waals surface area contributed by atoms with Crippen molar-refractivity contribution in [3.63, 3.8) is 0 Å². The Labute approximate surface area is 163 Å². The number of ether oxygens (including phenoxy) is 1. The Bertz CT molecular complexity index is 918. The number of carbonyl (C=O) groups is 1. The second-order valence-electron chi connectivity index (χ2n) is 6.97. The van der Waals surface area contributed by atoms with Crippen molar-refractivity contribution in [2.75, 3.05) is 0 Å². The predicted octanol–water partition coefficient (Wildman–Crippen LogP) is 4.38. The van der Waals surface area contributed by atoms with E-state index in [1.165, 1.54) is 19.3 Å². The maximum absolute atomic E-state index is 12.7. The molecule has 28 heavy (non-hydrogen) atoms. The molecule has 0 radical (unpaired) electrons. The van der Waals surface area contributed by atoms with Gasteiger partial charge in [0.05, 0.1) is 5.56 Å². The maximum Gasteiger partial charge on any atom is 0.264 e. The molecule has 1 amide bonds. The highest BCUT2D eigenvalue weighted by atomic mass is 16.5. The lowest BCUT2D eigenvalue weighted by atomic mass is 9.95. The van der Waals surface area contributed by atoms with Crippen LogP contribution in [0.2, 0.25) is 0 Å². The van der Waals surface area contributed by atoms with Gasteiger partial charge in [0.1, 0.15) is 5.75 Å². The molecule has 144 valence electrons. The largest absolute Gasteiger partial charge is 0.483 e. The number of rotatable bonds is 6. The lowest BCUT2D eigenvalue weighted by Gasteiger charge is -2.23. The lowest BCUT2D eigenvalue weighted by Crippen LogP contribution is -2.36. The zero-order chi connectivity index (χ0) is 19.2. The van der Waals surface area contributed by atoms with Gasteiger partial charge in [-0.3, -0.25) is 4.79 Å². The summed E-state index contributed by atoms with van der Waals surface area (Å²) in [5.74, 6) is 1.29. The summed E-state index contributed by atoms with van der Waals surface area (Å²) in [6, 6.07) is 17.1. The third kappa shape index (κ3) is 4.39. The van der Waals surface area contributed by atoms with E-state index in [0.717, 1.165) is 18.4 Å². The number of para-hydroxylation sites is 1. The van der Waals surface area contributed by atoms with E-state index in [-0.39, 0.29) is 18.6 Å². The van der Waals surface area contributed by atoms with Gasteiger partial charge in [-0.2, -0.15) is 4.98 Å². The molecule has 6 heteroatoms. The summed E-state index contributed by atoms with van der Waals surface area (Å²) in [6.07, 6.45) is 5.67. The van der Waals surface area contributed by atoms with E-state index in [9.17, 15) is 4.79 Å². The van der Waals surface area contributed by atoms with Crippen LogP contribution in [0, 0.1) is 0 Å². The molecule has 1 aromatic heterocycles. The van der Waals surface area contributed by atoms with Gasteiger partial charge in [0.2, 0.25) is 5.82 Å². The molecule has 1 aliphatic carbocycles. The van der Waals surface area contributed by atoms with Crippen LogP contribution in [0.5, 0.6) is 5.75 Å². The van der Waals surface area contributed by atoms with Crippen LogP contribution in [-0.4, -0.2) is 22.1 Å². The highest BCUT2D eigenvalue weighted by molar-refractivity contribution is 5.97. The van der Waals surface area contributed by atoms with Crippen molar-refractivity contribution < 1.29 is 14.1 Å². The quantitative estimate of drug-likeness (QED) is 0.690. The Morgan fingerprint density at radius 1 is 1.04 bits per heavy atom. The summed E-state index contributed by atoms with van der Waals surface area (Å²) in [5.41, 5.74) is 1.40. The van der Waals surface area contributed by atoms with Crippen molar-refractivity contribution in [3.05, 3.63) is 66.1 Å². The van der Waals surface area contributed by atoms with Crippen LogP contribution >= 0.6 is 0 Å². The molecule has 4 rings (SSSR count). The molecule has 1 aliphatic rings. The third-order valence-corrected chi connectivity index (χ3v) is 4.92. The average Bonchev–Trinajstić information content (AvgIpc) is 3.23. The number of hydrogen-bond donors (Lipinski definition) is 1. The molecule has 1 saturated carbocycles. The first-order chi connectivity index (χ1) is 13.8. The molecule has 0 bridgehead atoms. The molecular weight excluding hydrogens is 354 g/mol. The fourth-order valence-electron chi connectivity index (χ4n) is 3.45. The standard InChI is InChI=1S/C22H23N3O3/c26-22(23-17-11-5-2-6-12-17)18-13-7-8-14-19(18)27-15-20-24-21(25-28-20)16-9-3-1-4-10-16/h1,3-4,7-10,13-14,17H,2,5-6,11-12,15H2,(H,23,26). The number of benzene rings is 2. The SMILES string of the molecule is O=C(NC1CCCCC1)c1ccccc1OCc1nc(-c2ccccc2)no1. The van der Waals surface area contributed by atoms with Gasteiger partial charge in [0.25, 0.3) is 11.8 Å². The molecule has 1 N–H and O–H groups in total. The van der Waals surface area contributed by atoms with Crippen molar-refractivity contribution in [1.29, 1.82) is 0 Å². The molecule has 6 nitrogen and oxygen atoms in total. The first-order valence-corrected chi connectivity index (χ1v) is 9.70. The van der Waals surface area contributed by atoms with E-state index in [1.54, 1.807) is 12.1 Å². The number of amides is 1. The Balaban J connectivity index is 1.41. The van der Waals surface area contributed by atoms with Gasteiger partial charge in [0.15, 0.2) is 6.61 Å². The highest BCUT2D eigenvalue weighted by Gasteiger charge is 2.19. The highest BCUT2D eigenvalue weighted by Crippen LogP contribution is 2.22. The Hall–Kier alpha value is -3.15. The molecular formula is C22H23N3O3. The normalized spacial score (nSPS) is 14.6. The minimum atomic E-state index is -0.0991. The minimum absolute atomic E-state index is 0.0991. The molecule has 0 saturated heterocycles. The van der Waals surface area contributed by atoms with Crippen molar-refractivity contribution in [2.24, 2.45) is 0 Å². The van der Waals surface area contributed by atoms with E-state index >= 15 is 0 Å². The maximum atomic E-state index is 12.7. The number of aromatic nitrogens is 2. The number of nitrogens with zero attached hydrogens (tertiary/aromatic N) is 2. The monoisotopic (exact) mass is 377 g/mol. The number of carbonyl (C=O) groups excluding carboxylic acids is 1. The van der Waals surface area contributed by atoms with E-state index in [1.807, 2.05) is 42.5 Å². The van der Waals surface area contributed by atoms with Gasteiger partial charge in [-0.1, -0.05) is 66.9 Å². The molecule has 0 atom stereocenters. The van der Waals surface area contributed by atoms with Gasteiger partial charge < -0.3 is 14.6 Å².